The Morgan fingerprint density at radius 1 is 1.50 bits per heavy atom. The van der Waals surface area contributed by atoms with Crippen LogP contribution in [0.5, 0.6) is 0 Å². The van der Waals surface area contributed by atoms with Gasteiger partial charge < -0.3 is 15.4 Å². The molecular weight excluding hydrogens is 228 g/mol. The number of ether oxygens (including phenoxy) is 1. The molecule has 18 heavy (non-hydrogen) atoms. The summed E-state index contributed by atoms with van der Waals surface area (Å²) in [4.78, 5) is 12.1. The minimum Gasteiger partial charge on any atom is -0.375 e. The molecule has 4 nitrogen and oxygen atoms in total. The van der Waals surface area contributed by atoms with E-state index in [1.165, 1.54) is 19.3 Å². The summed E-state index contributed by atoms with van der Waals surface area (Å²) in [7, 11) is 0. The Labute approximate surface area is 110 Å². The standard InChI is InChI=1S/C14H26N2O2/c1-10(2)8-14(4-5-14)9-16-13(17)12-11(3)18-7-6-15-12/h10-12,15H,4-9H2,1-3H3,(H,16,17)/t11-,12+/m1/s1. The monoisotopic (exact) mass is 254 g/mol. The summed E-state index contributed by atoms with van der Waals surface area (Å²) in [6, 6.07) is -0.186. The Bertz CT molecular complexity index is 300. The van der Waals surface area contributed by atoms with Crippen molar-refractivity contribution in [2.75, 3.05) is 19.7 Å². The summed E-state index contributed by atoms with van der Waals surface area (Å²) < 4.78 is 5.50. The minimum atomic E-state index is -0.186. The average molecular weight is 254 g/mol. The third kappa shape index (κ3) is 3.45. The molecule has 0 spiro atoms. The van der Waals surface area contributed by atoms with Crippen molar-refractivity contribution in [3.8, 4) is 0 Å². The Hall–Kier alpha value is -0.610. The van der Waals surface area contributed by atoms with E-state index >= 15 is 0 Å². The van der Waals surface area contributed by atoms with Crippen molar-refractivity contribution in [3.05, 3.63) is 0 Å². The van der Waals surface area contributed by atoms with Crippen LogP contribution in [0.15, 0.2) is 0 Å². The SMILES string of the molecule is CC(C)CC1(CNC(=O)[C@H]2NCCO[C@@H]2C)CC1. The van der Waals surface area contributed by atoms with Crippen molar-refractivity contribution < 1.29 is 9.53 Å². The molecule has 0 bridgehead atoms. The molecule has 0 aromatic rings. The molecule has 1 amide bonds. The number of hydrogen-bond acceptors (Lipinski definition) is 3. The summed E-state index contributed by atoms with van der Waals surface area (Å²) >= 11 is 0. The molecule has 2 N–H and O–H groups in total. The van der Waals surface area contributed by atoms with Gasteiger partial charge in [0.1, 0.15) is 6.04 Å². The van der Waals surface area contributed by atoms with Gasteiger partial charge in [0.2, 0.25) is 5.91 Å². The fraction of sp³-hybridized carbons (Fsp3) is 0.929. The normalized spacial score (nSPS) is 30.2. The van der Waals surface area contributed by atoms with Crippen molar-refractivity contribution in [1.29, 1.82) is 0 Å². The van der Waals surface area contributed by atoms with E-state index in [1.54, 1.807) is 0 Å². The van der Waals surface area contributed by atoms with Crippen LogP contribution in [0.2, 0.25) is 0 Å². The van der Waals surface area contributed by atoms with Crippen LogP contribution in [0.25, 0.3) is 0 Å². The molecule has 4 heteroatoms. The van der Waals surface area contributed by atoms with Crippen molar-refractivity contribution in [2.45, 2.75) is 52.2 Å². The first kappa shape index (κ1) is 13.8. The summed E-state index contributed by atoms with van der Waals surface area (Å²) in [6.45, 7) is 8.75. The molecule has 1 saturated carbocycles. The zero-order chi connectivity index (χ0) is 13.2. The van der Waals surface area contributed by atoms with Gasteiger partial charge in [0.25, 0.3) is 0 Å². The first-order valence-corrected chi connectivity index (χ1v) is 7.15. The smallest absolute Gasteiger partial charge is 0.239 e. The van der Waals surface area contributed by atoms with Crippen LogP contribution < -0.4 is 10.6 Å². The zero-order valence-electron chi connectivity index (χ0n) is 11.8. The Kier molecular flexibility index (Phi) is 4.28. The van der Waals surface area contributed by atoms with E-state index in [0.717, 1.165) is 13.1 Å². The molecule has 1 saturated heterocycles. The molecule has 1 aliphatic carbocycles. The largest absolute Gasteiger partial charge is 0.375 e. The molecule has 2 fully saturated rings. The van der Waals surface area contributed by atoms with E-state index < -0.39 is 0 Å². The lowest BCUT2D eigenvalue weighted by atomic mass is 9.94. The third-order valence-corrected chi connectivity index (χ3v) is 4.03. The second-order valence-electron chi connectivity index (χ2n) is 6.32. The fourth-order valence-electron chi connectivity index (χ4n) is 2.91. The molecule has 2 rings (SSSR count). The number of amides is 1. The van der Waals surface area contributed by atoms with Crippen molar-refractivity contribution in [1.82, 2.24) is 10.6 Å². The fourth-order valence-corrected chi connectivity index (χ4v) is 2.91. The van der Waals surface area contributed by atoms with Gasteiger partial charge in [-0.25, -0.2) is 0 Å². The number of morpholine rings is 1. The number of carbonyl (C=O) groups excluding carboxylic acids is 1. The Balaban J connectivity index is 1.77. The van der Waals surface area contributed by atoms with Gasteiger partial charge in [0.15, 0.2) is 0 Å². The zero-order valence-corrected chi connectivity index (χ0v) is 11.8. The molecule has 104 valence electrons. The predicted octanol–water partition coefficient (Wildman–Crippen LogP) is 1.31. The highest BCUT2D eigenvalue weighted by Gasteiger charge is 2.43. The molecule has 0 radical (unpaired) electrons. The van der Waals surface area contributed by atoms with Gasteiger partial charge in [-0.15, -0.1) is 0 Å². The lowest BCUT2D eigenvalue weighted by Crippen LogP contribution is -2.56. The van der Waals surface area contributed by atoms with Gasteiger partial charge in [-0.2, -0.15) is 0 Å². The van der Waals surface area contributed by atoms with E-state index in [4.69, 9.17) is 4.74 Å². The van der Waals surface area contributed by atoms with E-state index in [1.807, 2.05) is 6.92 Å². The van der Waals surface area contributed by atoms with Crippen LogP contribution in [0.1, 0.15) is 40.0 Å². The van der Waals surface area contributed by atoms with Gasteiger partial charge in [-0.1, -0.05) is 13.8 Å². The van der Waals surface area contributed by atoms with Gasteiger partial charge in [-0.3, -0.25) is 4.79 Å². The summed E-state index contributed by atoms with van der Waals surface area (Å²) in [6.07, 6.45) is 3.71. The second-order valence-corrected chi connectivity index (χ2v) is 6.32. The maximum Gasteiger partial charge on any atom is 0.239 e. The third-order valence-electron chi connectivity index (χ3n) is 4.03. The molecular formula is C14H26N2O2. The number of nitrogens with one attached hydrogen (secondary N) is 2. The van der Waals surface area contributed by atoms with Crippen molar-refractivity contribution >= 4 is 5.91 Å². The van der Waals surface area contributed by atoms with Crippen LogP contribution in [0.4, 0.5) is 0 Å². The lowest BCUT2D eigenvalue weighted by molar-refractivity contribution is -0.129. The highest BCUT2D eigenvalue weighted by Crippen LogP contribution is 2.49. The van der Waals surface area contributed by atoms with Crippen molar-refractivity contribution in [2.24, 2.45) is 11.3 Å². The topological polar surface area (TPSA) is 50.4 Å². The van der Waals surface area contributed by atoms with Crippen LogP contribution in [0, 0.1) is 11.3 Å². The van der Waals surface area contributed by atoms with E-state index in [9.17, 15) is 4.79 Å². The number of carbonyl (C=O) groups is 1. The minimum absolute atomic E-state index is 0.0287. The molecule has 0 aromatic carbocycles. The number of rotatable bonds is 5. The van der Waals surface area contributed by atoms with Crippen LogP contribution >= 0.6 is 0 Å². The second kappa shape index (κ2) is 5.57. The highest BCUT2D eigenvalue weighted by molar-refractivity contribution is 5.82. The predicted molar refractivity (Wildman–Crippen MR) is 71.3 cm³/mol. The highest BCUT2D eigenvalue weighted by atomic mass is 16.5. The summed E-state index contributed by atoms with van der Waals surface area (Å²) in [5, 5.41) is 6.34. The lowest BCUT2D eigenvalue weighted by Gasteiger charge is -2.30. The summed E-state index contributed by atoms with van der Waals surface area (Å²) in [5.74, 6) is 0.802. The van der Waals surface area contributed by atoms with Gasteiger partial charge in [0.05, 0.1) is 12.7 Å². The maximum absolute atomic E-state index is 12.1. The Morgan fingerprint density at radius 3 is 2.78 bits per heavy atom. The summed E-state index contributed by atoms with van der Waals surface area (Å²) in [5.41, 5.74) is 0.391. The molecule has 2 aliphatic rings. The first-order valence-electron chi connectivity index (χ1n) is 7.15. The molecule has 2 atom stereocenters. The van der Waals surface area contributed by atoms with Gasteiger partial charge in [0, 0.05) is 13.1 Å². The number of hydrogen-bond donors (Lipinski definition) is 2. The first-order chi connectivity index (χ1) is 8.52. The van der Waals surface area contributed by atoms with Gasteiger partial charge >= 0.3 is 0 Å². The molecule has 0 aromatic heterocycles. The molecule has 1 aliphatic heterocycles. The molecule has 1 heterocycles. The quantitative estimate of drug-likeness (QED) is 0.777. The van der Waals surface area contributed by atoms with Crippen molar-refractivity contribution in [3.63, 3.8) is 0 Å². The average Bonchev–Trinajstić information content (AvgIpc) is 3.06. The Morgan fingerprint density at radius 2 is 2.22 bits per heavy atom. The maximum atomic E-state index is 12.1. The van der Waals surface area contributed by atoms with E-state index in [2.05, 4.69) is 24.5 Å². The van der Waals surface area contributed by atoms with Gasteiger partial charge in [-0.05, 0) is 37.5 Å². The van der Waals surface area contributed by atoms with Crippen LogP contribution in [-0.4, -0.2) is 37.7 Å². The van der Waals surface area contributed by atoms with E-state index in [0.29, 0.717) is 17.9 Å². The van der Waals surface area contributed by atoms with Crippen LogP contribution in [-0.2, 0) is 9.53 Å². The van der Waals surface area contributed by atoms with E-state index in [-0.39, 0.29) is 18.1 Å². The molecule has 0 unspecified atom stereocenters. The van der Waals surface area contributed by atoms with Crippen LogP contribution in [0.3, 0.4) is 0 Å².